The van der Waals surface area contributed by atoms with Gasteiger partial charge < -0.3 is 29.1 Å². The van der Waals surface area contributed by atoms with Crippen LogP contribution in [0.2, 0.25) is 0 Å². The first-order valence-electron chi connectivity index (χ1n) is 41.6. The summed E-state index contributed by atoms with van der Waals surface area (Å²) in [6, 6.07) is 125. The highest BCUT2D eigenvalue weighted by molar-refractivity contribution is 7.00. The SMILES string of the molecule is c1ccc(C(c2ccccc2)c2cc3c4c(c2)N(C2C(C5CCCCC5)CCCC2C2CCCCC2)c2cc5c(cc2B4c2ccccc2N3c2ccccc2)C2(c3cc4c(cc3O5)Oc3cc(N(c5ccccc5)c5ccccc5)cc5c3B4c3ccccc3N5c3ccccc3)c3ccccc3-c3ccccc32)cc1. The van der Waals surface area contributed by atoms with Crippen molar-refractivity contribution in [3.8, 4) is 34.1 Å². The van der Waals surface area contributed by atoms with Gasteiger partial charge in [0.25, 0.3) is 13.4 Å². The van der Waals surface area contributed by atoms with Gasteiger partial charge in [0.05, 0.1) is 11.1 Å². The summed E-state index contributed by atoms with van der Waals surface area (Å²) in [7, 11) is 0. The molecule has 0 saturated heterocycles. The number of nitrogens with zero attached hydrogens (tertiary/aromatic N) is 4. The molecule has 0 N–H and O–H groups in total. The summed E-state index contributed by atoms with van der Waals surface area (Å²) >= 11 is 0. The van der Waals surface area contributed by atoms with Crippen molar-refractivity contribution in [3.05, 3.63) is 367 Å². The van der Waals surface area contributed by atoms with Crippen LogP contribution in [0.1, 0.15) is 128 Å². The number of benzene rings is 14. The number of ether oxygens (including phenoxy) is 2. The summed E-state index contributed by atoms with van der Waals surface area (Å²) in [6.07, 6.45) is 17.0. The molecule has 2 unspecified atom stereocenters. The van der Waals surface area contributed by atoms with Gasteiger partial charge in [0.15, 0.2) is 0 Å². The van der Waals surface area contributed by atoms with Crippen LogP contribution in [-0.4, -0.2) is 19.5 Å². The number of hydrogen-bond acceptors (Lipinski definition) is 6. The second kappa shape index (κ2) is 26.6. The lowest BCUT2D eigenvalue weighted by molar-refractivity contribution is 0.0839. The van der Waals surface area contributed by atoms with Gasteiger partial charge in [-0.1, -0.05) is 301 Å². The number of hydrogen-bond donors (Lipinski definition) is 0. The van der Waals surface area contributed by atoms with Crippen molar-refractivity contribution >= 4 is 109 Å². The Bertz CT molecular complexity index is 5840. The van der Waals surface area contributed by atoms with Gasteiger partial charge in [0, 0.05) is 98.2 Å². The van der Waals surface area contributed by atoms with E-state index in [1.165, 1.54) is 178 Å². The average Bonchev–Trinajstić information content (AvgIpc) is 1.35. The van der Waals surface area contributed by atoms with Crippen molar-refractivity contribution in [3.63, 3.8) is 0 Å². The summed E-state index contributed by atoms with van der Waals surface area (Å²) in [5.74, 6) is 5.62. The van der Waals surface area contributed by atoms with Crippen LogP contribution in [-0.2, 0) is 5.41 Å². The Morgan fingerprint density at radius 1 is 0.304 bits per heavy atom. The van der Waals surface area contributed by atoms with E-state index in [0.29, 0.717) is 23.7 Å². The molecule has 3 saturated carbocycles. The molecule has 0 amide bonds. The van der Waals surface area contributed by atoms with Crippen LogP contribution >= 0.6 is 0 Å². The predicted molar refractivity (Wildman–Crippen MR) is 464 cm³/mol. The maximum atomic E-state index is 8.25. The first-order valence-corrected chi connectivity index (χ1v) is 41.6. The second-order valence-electron chi connectivity index (χ2n) is 33.2. The number of rotatable bonds is 11. The Labute approximate surface area is 658 Å². The van der Waals surface area contributed by atoms with Gasteiger partial charge in [-0.05, 0) is 187 Å². The molecule has 5 heterocycles. The fraction of sp³-hybridized carbons (Fsp3) is 0.192. The molecule has 8 heteroatoms. The third-order valence-electron chi connectivity index (χ3n) is 27.6. The maximum absolute atomic E-state index is 8.25. The largest absolute Gasteiger partial charge is 0.458 e. The Balaban J connectivity index is 0.809. The minimum Gasteiger partial charge on any atom is -0.458 e. The highest BCUT2D eigenvalue weighted by Gasteiger charge is 2.57. The van der Waals surface area contributed by atoms with Crippen molar-refractivity contribution in [2.45, 2.75) is 101 Å². The topological polar surface area (TPSA) is 31.4 Å². The molecule has 23 rings (SSSR count). The smallest absolute Gasteiger partial charge is 0.256 e. The third-order valence-corrected chi connectivity index (χ3v) is 27.6. The molecule has 6 nitrogen and oxygen atoms in total. The fourth-order valence-corrected chi connectivity index (χ4v) is 23.2. The molecule has 5 aliphatic heterocycles. The van der Waals surface area contributed by atoms with Crippen LogP contribution < -0.4 is 61.9 Å². The molecular weight excluding hydrogens is 1360 g/mol. The zero-order valence-corrected chi connectivity index (χ0v) is 63.1. The van der Waals surface area contributed by atoms with Crippen LogP contribution in [0, 0.1) is 23.7 Å². The molecule has 14 aromatic rings. The van der Waals surface area contributed by atoms with Gasteiger partial charge >= 0.3 is 0 Å². The van der Waals surface area contributed by atoms with Crippen LogP contribution in [0.3, 0.4) is 0 Å². The predicted octanol–water partition coefficient (Wildman–Crippen LogP) is 22.9. The van der Waals surface area contributed by atoms with Crippen molar-refractivity contribution in [2.24, 2.45) is 23.7 Å². The minimum atomic E-state index is -0.843. The van der Waals surface area contributed by atoms with Crippen molar-refractivity contribution in [1.29, 1.82) is 0 Å². The molecule has 0 bridgehead atoms. The zero-order valence-electron chi connectivity index (χ0n) is 63.1. The summed E-state index contributed by atoms with van der Waals surface area (Å²) in [6.45, 7) is -0.357. The van der Waals surface area contributed by atoms with Crippen LogP contribution in [0.15, 0.2) is 328 Å². The fourth-order valence-electron chi connectivity index (χ4n) is 23.2. The van der Waals surface area contributed by atoms with Crippen molar-refractivity contribution < 1.29 is 9.47 Å². The summed E-state index contributed by atoms with van der Waals surface area (Å²) in [4.78, 5) is 10.6. The first kappa shape index (κ1) is 65.9. The molecule has 9 aliphatic rings. The van der Waals surface area contributed by atoms with E-state index in [1.54, 1.807) is 0 Å². The molecule has 2 atom stereocenters. The van der Waals surface area contributed by atoms with Crippen LogP contribution in [0.5, 0.6) is 23.0 Å². The number of anilines is 11. The van der Waals surface area contributed by atoms with Gasteiger partial charge in [-0.25, -0.2) is 0 Å². The highest BCUT2D eigenvalue weighted by atomic mass is 16.5. The zero-order chi connectivity index (χ0) is 73.5. The lowest BCUT2D eigenvalue weighted by Crippen LogP contribution is -2.65. The van der Waals surface area contributed by atoms with Crippen LogP contribution in [0.4, 0.5) is 62.6 Å². The number of fused-ring (bicyclic) bond motifs is 17. The van der Waals surface area contributed by atoms with Crippen molar-refractivity contribution in [1.82, 2.24) is 0 Å². The Kier molecular flexibility index (Phi) is 15.7. The third kappa shape index (κ3) is 10.1. The van der Waals surface area contributed by atoms with E-state index in [-0.39, 0.29) is 25.4 Å². The normalized spacial score (nSPS) is 18.5. The Hall–Kier alpha value is -12.0. The highest BCUT2D eigenvalue weighted by Crippen LogP contribution is 2.64. The van der Waals surface area contributed by atoms with Gasteiger partial charge in [-0.15, -0.1) is 0 Å². The molecule has 0 aromatic heterocycles. The van der Waals surface area contributed by atoms with E-state index in [9.17, 15) is 0 Å². The van der Waals surface area contributed by atoms with E-state index in [4.69, 9.17) is 9.47 Å². The van der Waals surface area contributed by atoms with E-state index >= 15 is 0 Å². The van der Waals surface area contributed by atoms with E-state index < -0.39 is 5.41 Å². The lowest BCUT2D eigenvalue weighted by Gasteiger charge is -2.55. The van der Waals surface area contributed by atoms with Crippen molar-refractivity contribution in [2.75, 3.05) is 19.6 Å². The van der Waals surface area contributed by atoms with Gasteiger partial charge in [-0.2, -0.15) is 0 Å². The molecule has 1 spiro atoms. The van der Waals surface area contributed by atoms with Gasteiger partial charge in [-0.3, -0.25) is 0 Å². The molecule has 0 radical (unpaired) electrons. The van der Waals surface area contributed by atoms with Gasteiger partial charge in [0.1, 0.15) is 23.0 Å². The van der Waals surface area contributed by atoms with Gasteiger partial charge in [0.2, 0.25) is 0 Å². The molecule has 14 aromatic carbocycles. The number of para-hydroxylation sites is 6. The first-order chi connectivity index (χ1) is 55.6. The molecule has 112 heavy (non-hydrogen) atoms. The maximum Gasteiger partial charge on any atom is 0.256 e. The second-order valence-corrected chi connectivity index (χ2v) is 33.2. The minimum absolute atomic E-state index is 0.0457. The standard InChI is InChI=1S/C104H86B2N4O2/c1-9-34-68(35-10-1)78-52-33-53-79(69-36-11-2-12-37-69)103(78)110-92-66-96-84(64-88(92)105-86-56-29-31-58-90(86)108(75-46-21-7-22-47-75)93-60-72(61-94(110)101(93)105)100(70-38-13-3-14-39-70)71-40-15-4-16-41-71)104(82-54-27-25-50-80(82)81-51-26-28-55-83(81)104)85-65-89-98(67-97(85)111-96)112-99-63-77(107(73-42-17-5-18-43-73)74-44-19-6-20-45-74)62-95-102(99)106(89)87-57-30-32-59-91(87)109(95)76-48-23-8-24-49-76/h3-8,13-32,38-51,54-69,78-79,100,103H,1-2,9-12,33-37,52-53H2. The monoisotopic (exact) mass is 1440 g/mol. The Morgan fingerprint density at radius 2 is 0.750 bits per heavy atom. The molecular formula is C104H86B2N4O2. The van der Waals surface area contributed by atoms with E-state index in [2.05, 4.69) is 347 Å². The Morgan fingerprint density at radius 3 is 1.30 bits per heavy atom. The summed E-state index contributed by atoms with van der Waals surface area (Å²) in [5.41, 5.74) is 30.8. The lowest BCUT2D eigenvalue weighted by atomic mass is 9.33. The summed E-state index contributed by atoms with van der Waals surface area (Å²) < 4.78 is 16.1. The molecule has 540 valence electrons. The molecule has 3 fully saturated rings. The molecule has 4 aliphatic carbocycles. The van der Waals surface area contributed by atoms with E-state index in [0.717, 1.165) is 73.6 Å². The van der Waals surface area contributed by atoms with Crippen LogP contribution in [0.25, 0.3) is 11.1 Å². The average molecular weight is 1450 g/mol. The van der Waals surface area contributed by atoms with E-state index in [1.807, 2.05) is 0 Å². The summed E-state index contributed by atoms with van der Waals surface area (Å²) in [5, 5.41) is 0. The quantitative estimate of drug-likeness (QED) is 0.0948.